The van der Waals surface area contributed by atoms with Gasteiger partial charge in [0, 0.05) is 17.1 Å². The van der Waals surface area contributed by atoms with Crippen LogP contribution in [0.3, 0.4) is 0 Å². The van der Waals surface area contributed by atoms with Crippen molar-refractivity contribution in [3.05, 3.63) is 69.1 Å². The zero-order chi connectivity index (χ0) is 19.2. The summed E-state index contributed by atoms with van der Waals surface area (Å²) in [4.78, 5) is 4.57. The number of hydrogen-bond acceptors (Lipinski definition) is 5. The van der Waals surface area contributed by atoms with Gasteiger partial charge in [-0.1, -0.05) is 29.3 Å². The van der Waals surface area contributed by atoms with Crippen molar-refractivity contribution in [2.24, 2.45) is 0 Å². The van der Waals surface area contributed by atoms with E-state index in [2.05, 4.69) is 16.4 Å². The molecular formula is C20H15Cl2N3OS. The number of halogens is 2. The molecule has 0 saturated carbocycles. The van der Waals surface area contributed by atoms with Crippen LogP contribution in [0, 0.1) is 11.3 Å². The Hall–Kier alpha value is -2.52. The summed E-state index contributed by atoms with van der Waals surface area (Å²) in [6.07, 6.45) is 1.58. The molecule has 0 radical (unpaired) electrons. The molecule has 1 N–H and O–H groups in total. The quantitative estimate of drug-likeness (QED) is 0.467. The van der Waals surface area contributed by atoms with Crippen LogP contribution >= 0.6 is 34.5 Å². The van der Waals surface area contributed by atoms with Gasteiger partial charge < -0.3 is 10.1 Å². The van der Waals surface area contributed by atoms with Crippen LogP contribution in [0.25, 0.3) is 16.8 Å². The van der Waals surface area contributed by atoms with Gasteiger partial charge in [-0.15, -0.1) is 11.3 Å². The monoisotopic (exact) mass is 415 g/mol. The molecule has 4 nitrogen and oxygen atoms in total. The largest absolute Gasteiger partial charge is 0.494 e. The average molecular weight is 416 g/mol. The first-order valence-electron chi connectivity index (χ1n) is 8.12. The predicted octanol–water partition coefficient (Wildman–Crippen LogP) is 6.49. The molecule has 0 aliphatic rings. The van der Waals surface area contributed by atoms with E-state index in [1.807, 2.05) is 36.6 Å². The van der Waals surface area contributed by atoms with Gasteiger partial charge in [-0.3, -0.25) is 0 Å². The fraction of sp³-hybridized carbons (Fsp3) is 0.100. The van der Waals surface area contributed by atoms with E-state index < -0.39 is 0 Å². The highest BCUT2D eigenvalue weighted by atomic mass is 35.5. The molecule has 3 aromatic rings. The van der Waals surface area contributed by atoms with Gasteiger partial charge in [-0.2, -0.15) is 5.26 Å². The number of aromatic nitrogens is 1. The molecule has 1 heterocycles. The van der Waals surface area contributed by atoms with Gasteiger partial charge in [0.25, 0.3) is 0 Å². The third-order valence-electron chi connectivity index (χ3n) is 3.64. The summed E-state index contributed by atoms with van der Waals surface area (Å²) in [6.45, 7) is 2.57. The molecule has 0 spiro atoms. The fourth-order valence-corrected chi connectivity index (χ4v) is 3.48. The minimum Gasteiger partial charge on any atom is -0.494 e. The van der Waals surface area contributed by atoms with E-state index in [0.717, 1.165) is 17.0 Å². The van der Waals surface area contributed by atoms with E-state index in [4.69, 9.17) is 27.9 Å². The highest BCUT2D eigenvalue weighted by Gasteiger charge is 2.10. The first-order valence-corrected chi connectivity index (χ1v) is 9.76. The molecule has 0 unspecified atom stereocenters. The second-order valence-electron chi connectivity index (χ2n) is 5.41. The highest BCUT2D eigenvalue weighted by Crippen LogP contribution is 2.31. The number of anilines is 1. The van der Waals surface area contributed by atoms with Crippen LogP contribution in [0.1, 0.15) is 11.9 Å². The van der Waals surface area contributed by atoms with E-state index in [1.165, 1.54) is 11.3 Å². The van der Waals surface area contributed by atoms with Crippen LogP contribution < -0.4 is 10.1 Å². The lowest BCUT2D eigenvalue weighted by Gasteiger charge is -2.05. The number of hydrogen-bond donors (Lipinski definition) is 1. The van der Waals surface area contributed by atoms with Crippen molar-refractivity contribution in [2.45, 2.75) is 6.92 Å². The van der Waals surface area contributed by atoms with Crippen LogP contribution in [-0.2, 0) is 0 Å². The first kappa shape index (κ1) is 19.2. The number of benzene rings is 2. The Balaban J connectivity index is 1.81. The minimum absolute atomic E-state index is 0.405. The molecule has 0 fully saturated rings. The molecule has 3 rings (SSSR count). The number of ether oxygens (including phenoxy) is 1. The molecule has 0 amide bonds. The zero-order valence-electron chi connectivity index (χ0n) is 14.4. The molecule has 0 saturated heterocycles. The Kier molecular flexibility index (Phi) is 6.36. The lowest BCUT2D eigenvalue weighted by Crippen LogP contribution is -1.92. The Morgan fingerprint density at radius 2 is 2.04 bits per heavy atom. The molecule has 0 bridgehead atoms. The van der Waals surface area contributed by atoms with Gasteiger partial charge in [0.05, 0.1) is 28.0 Å². The third kappa shape index (κ3) is 4.61. The lowest BCUT2D eigenvalue weighted by atomic mass is 10.2. The van der Waals surface area contributed by atoms with Crippen molar-refractivity contribution in [3.63, 3.8) is 0 Å². The zero-order valence-corrected chi connectivity index (χ0v) is 16.7. The van der Waals surface area contributed by atoms with E-state index in [0.29, 0.717) is 32.9 Å². The highest BCUT2D eigenvalue weighted by molar-refractivity contribution is 7.11. The molecular weight excluding hydrogens is 401 g/mol. The summed E-state index contributed by atoms with van der Waals surface area (Å²) < 4.78 is 5.45. The lowest BCUT2D eigenvalue weighted by molar-refractivity contribution is 0.340. The Bertz CT molecular complexity index is 1010. The van der Waals surface area contributed by atoms with Gasteiger partial charge >= 0.3 is 0 Å². The number of allylic oxidation sites excluding steroid dienone is 1. The van der Waals surface area contributed by atoms with Crippen LogP contribution in [0.5, 0.6) is 5.75 Å². The van der Waals surface area contributed by atoms with Crippen molar-refractivity contribution in [2.75, 3.05) is 11.9 Å². The third-order valence-corrected chi connectivity index (χ3v) is 5.33. The summed E-state index contributed by atoms with van der Waals surface area (Å²) in [5.41, 5.74) is 2.80. The van der Waals surface area contributed by atoms with E-state index >= 15 is 0 Å². The Morgan fingerprint density at radius 1 is 1.26 bits per heavy atom. The molecule has 0 aliphatic heterocycles. The second kappa shape index (κ2) is 8.92. The average Bonchev–Trinajstić information content (AvgIpc) is 3.16. The predicted molar refractivity (Wildman–Crippen MR) is 112 cm³/mol. The van der Waals surface area contributed by atoms with Gasteiger partial charge in [0.1, 0.15) is 22.4 Å². The normalized spacial score (nSPS) is 11.1. The Labute approximate surface area is 171 Å². The summed E-state index contributed by atoms with van der Waals surface area (Å²) in [7, 11) is 0. The van der Waals surface area contributed by atoms with Gasteiger partial charge in [0.15, 0.2) is 0 Å². The Morgan fingerprint density at radius 3 is 2.74 bits per heavy atom. The van der Waals surface area contributed by atoms with Crippen molar-refractivity contribution in [3.8, 4) is 23.1 Å². The molecule has 1 aromatic heterocycles. The van der Waals surface area contributed by atoms with Crippen LogP contribution in [0.2, 0.25) is 10.0 Å². The van der Waals surface area contributed by atoms with Crippen LogP contribution in [0.15, 0.2) is 54.0 Å². The molecule has 0 atom stereocenters. The number of nitrogens with one attached hydrogen (secondary N) is 1. The topological polar surface area (TPSA) is 57.9 Å². The standard InChI is InChI=1S/C20H15Cl2N3OS/c1-2-26-15-8-6-13(7-9-15)18-12-27-20(25-18)14(10-23)11-24-17-5-3-4-16(21)19(17)22/h3-9,11-12,24H,2H2,1H3. The van der Waals surface area contributed by atoms with E-state index in [9.17, 15) is 5.26 Å². The number of rotatable bonds is 6. The van der Waals surface area contributed by atoms with Crippen molar-refractivity contribution in [1.82, 2.24) is 4.98 Å². The minimum atomic E-state index is 0.405. The van der Waals surface area contributed by atoms with Gasteiger partial charge in [-0.05, 0) is 43.3 Å². The number of thiazole rings is 1. The van der Waals surface area contributed by atoms with Crippen molar-refractivity contribution >= 4 is 45.8 Å². The van der Waals surface area contributed by atoms with Crippen molar-refractivity contribution < 1.29 is 4.74 Å². The first-order chi connectivity index (χ1) is 13.1. The maximum atomic E-state index is 9.49. The molecule has 7 heteroatoms. The SMILES string of the molecule is CCOc1ccc(-c2csc(C(C#N)=CNc3cccc(Cl)c3Cl)n2)cc1. The summed E-state index contributed by atoms with van der Waals surface area (Å²) >= 11 is 13.6. The van der Waals surface area contributed by atoms with Gasteiger partial charge in [-0.25, -0.2) is 4.98 Å². The molecule has 2 aromatic carbocycles. The van der Waals surface area contributed by atoms with Gasteiger partial charge in [0.2, 0.25) is 0 Å². The van der Waals surface area contributed by atoms with E-state index in [1.54, 1.807) is 24.4 Å². The van der Waals surface area contributed by atoms with E-state index in [-0.39, 0.29) is 0 Å². The fourth-order valence-electron chi connectivity index (χ4n) is 2.33. The maximum absolute atomic E-state index is 9.49. The molecule has 0 aliphatic carbocycles. The maximum Gasteiger partial charge on any atom is 0.136 e. The number of nitrogens with zero attached hydrogens (tertiary/aromatic N) is 2. The molecule has 136 valence electrons. The summed E-state index contributed by atoms with van der Waals surface area (Å²) in [5, 5.41) is 15.9. The summed E-state index contributed by atoms with van der Waals surface area (Å²) in [5.74, 6) is 0.817. The van der Waals surface area contributed by atoms with Crippen LogP contribution in [-0.4, -0.2) is 11.6 Å². The summed E-state index contributed by atoms with van der Waals surface area (Å²) in [6, 6.07) is 15.1. The van der Waals surface area contributed by atoms with Crippen LogP contribution in [0.4, 0.5) is 5.69 Å². The smallest absolute Gasteiger partial charge is 0.136 e. The number of nitriles is 1. The van der Waals surface area contributed by atoms with Crippen molar-refractivity contribution in [1.29, 1.82) is 5.26 Å². The second-order valence-corrected chi connectivity index (χ2v) is 7.05. The molecule has 27 heavy (non-hydrogen) atoms.